The van der Waals surface area contributed by atoms with Crippen LogP contribution in [0.5, 0.6) is 0 Å². The van der Waals surface area contributed by atoms with E-state index >= 15 is 0 Å². The molecule has 0 aliphatic carbocycles. The van der Waals surface area contributed by atoms with E-state index in [9.17, 15) is 0 Å². The Bertz CT molecular complexity index is 2830. The van der Waals surface area contributed by atoms with Crippen molar-refractivity contribution < 1.29 is 8.83 Å². The number of benzene rings is 8. The number of para-hydroxylation sites is 4. The molecule has 8 aromatic carbocycles. The van der Waals surface area contributed by atoms with Crippen molar-refractivity contribution >= 4 is 71.7 Å². The van der Waals surface area contributed by atoms with Gasteiger partial charge in [-0.1, -0.05) is 140 Å². The highest BCUT2D eigenvalue weighted by Gasteiger charge is 2.24. The predicted octanol–water partition coefficient (Wildman–Crippen LogP) is 13.4. The Labute approximate surface area is 282 Å². The first-order valence-electron chi connectivity index (χ1n) is 16.6. The lowest BCUT2D eigenvalue weighted by atomic mass is 10.0. The Balaban J connectivity index is 1.23. The first kappa shape index (κ1) is 27.5. The highest BCUT2D eigenvalue weighted by Crippen LogP contribution is 2.47. The Morgan fingerprint density at radius 3 is 1.69 bits per heavy atom. The number of rotatable bonds is 5. The summed E-state index contributed by atoms with van der Waals surface area (Å²) in [5.74, 6) is 0. The van der Waals surface area contributed by atoms with Crippen molar-refractivity contribution in [2.75, 3.05) is 4.90 Å². The summed E-state index contributed by atoms with van der Waals surface area (Å²) in [7, 11) is 0. The average Bonchev–Trinajstić information content (AvgIpc) is 3.75. The van der Waals surface area contributed by atoms with Crippen LogP contribution in [0, 0.1) is 0 Å². The number of anilines is 3. The van der Waals surface area contributed by atoms with Crippen molar-refractivity contribution in [1.29, 1.82) is 0 Å². The first-order valence-corrected chi connectivity index (χ1v) is 16.6. The smallest absolute Gasteiger partial charge is 0.159 e. The molecule has 0 spiro atoms. The molecule has 230 valence electrons. The molecule has 0 amide bonds. The fourth-order valence-corrected chi connectivity index (χ4v) is 7.33. The van der Waals surface area contributed by atoms with Crippen LogP contribution in [0.4, 0.5) is 17.1 Å². The van der Waals surface area contributed by atoms with E-state index in [-0.39, 0.29) is 0 Å². The molecule has 0 aliphatic rings. The molecule has 0 N–H and O–H groups in total. The number of fused-ring (bicyclic) bond motifs is 7. The fourth-order valence-electron chi connectivity index (χ4n) is 7.33. The third kappa shape index (κ3) is 4.44. The summed E-state index contributed by atoms with van der Waals surface area (Å²) in [6.07, 6.45) is 0. The molecule has 3 heteroatoms. The maximum Gasteiger partial charge on any atom is 0.159 e. The molecule has 0 saturated heterocycles. The second kappa shape index (κ2) is 11.0. The average molecular weight is 628 g/mol. The summed E-state index contributed by atoms with van der Waals surface area (Å²) < 4.78 is 13.6. The normalized spacial score (nSPS) is 11.7. The van der Waals surface area contributed by atoms with Gasteiger partial charge < -0.3 is 13.7 Å². The van der Waals surface area contributed by atoms with E-state index in [0.29, 0.717) is 0 Å². The molecule has 0 unspecified atom stereocenters. The lowest BCUT2D eigenvalue weighted by Gasteiger charge is -2.26. The molecule has 10 rings (SSSR count). The maximum absolute atomic E-state index is 6.94. The minimum absolute atomic E-state index is 0.827. The Hall–Kier alpha value is -6.58. The van der Waals surface area contributed by atoms with Gasteiger partial charge in [0.05, 0.1) is 11.4 Å². The molecule has 3 nitrogen and oxygen atoms in total. The summed E-state index contributed by atoms with van der Waals surface area (Å²) in [6.45, 7) is 0. The van der Waals surface area contributed by atoms with E-state index in [2.05, 4.69) is 163 Å². The minimum Gasteiger partial charge on any atom is -0.454 e. The quantitative estimate of drug-likeness (QED) is 0.190. The summed E-state index contributed by atoms with van der Waals surface area (Å²) in [5, 5.41) is 6.67. The molecule has 10 aromatic rings. The molecule has 49 heavy (non-hydrogen) atoms. The summed E-state index contributed by atoms with van der Waals surface area (Å²) in [4.78, 5) is 2.29. The van der Waals surface area contributed by atoms with Crippen LogP contribution < -0.4 is 4.90 Å². The van der Waals surface area contributed by atoms with Crippen LogP contribution >= 0.6 is 0 Å². The summed E-state index contributed by atoms with van der Waals surface area (Å²) in [5.41, 5.74) is 10.9. The standard InChI is InChI=1S/C46H29NO2/c1-3-12-30(13-4-1)32-24-25-34-29-35(27-26-33(34)28-32)47(41-21-10-19-38-37-16-7-8-23-43(37)48-45(38)41)42-22-11-20-40-39-18-9-17-36(44(39)49-46(40)42)31-14-5-2-6-15-31/h1-29H. The predicted molar refractivity (Wildman–Crippen MR) is 204 cm³/mol. The number of furan rings is 2. The van der Waals surface area contributed by atoms with Crippen molar-refractivity contribution in [3.8, 4) is 22.3 Å². The van der Waals surface area contributed by atoms with Crippen LogP contribution in [0.3, 0.4) is 0 Å². The third-order valence-corrected chi connectivity index (χ3v) is 9.64. The van der Waals surface area contributed by atoms with Gasteiger partial charge in [0.15, 0.2) is 11.2 Å². The van der Waals surface area contributed by atoms with Gasteiger partial charge in [-0.25, -0.2) is 0 Å². The van der Waals surface area contributed by atoms with Crippen molar-refractivity contribution in [1.82, 2.24) is 0 Å². The monoisotopic (exact) mass is 627 g/mol. The first-order chi connectivity index (χ1) is 24.3. The van der Waals surface area contributed by atoms with Gasteiger partial charge >= 0.3 is 0 Å². The van der Waals surface area contributed by atoms with Gasteiger partial charge in [0.1, 0.15) is 11.2 Å². The Kier molecular flexibility index (Phi) is 6.18. The molecule has 0 aliphatic heterocycles. The third-order valence-electron chi connectivity index (χ3n) is 9.64. The van der Waals surface area contributed by atoms with Crippen LogP contribution in [-0.2, 0) is 0 Å². The zero-order valence-electron chi connectivity index (χ0n) is 26.5. The molecule has 2 heterocycles. The minimum atomic E-state index is 0.827. The van der Waals surface area contributed by atoms with Crippen molar-refractivity contribution in [3.63, 3.8) is 0 Å². The number of hydrogen-bond acceptors (Lipinski definition) is 3. The van der Waals surface area contributed by atoms with E-state index < -0.39 is 0 Å². The SMILES string of the molecule is c1ccc(-c2ccc3cc(N(c4cccc5c4oc4ccccc45)c4cccc5c4oc4c(-c6ccccc6)cccc45)ccc3c2)cc1. The second-order valence-electron chi connectivity index (χ2n) is 12.5. The van der Waals surface area contributed by atoms with E-state index in [1.54, 1.807) is 0 Å². The summed E-state index contributed by atoms with van der Waals surface area (Å²) >= 11 is 0. The zero-order valence-corrected chi connectivity index (χ0v) is 26.5. The zero-order chi connectivity index (χ0) is 32.3. The molecule has 0 atom stereocenters. The van der Waals surface area contributed by atoms with Gasteiger partial charge in [0, 0.05) is 32.8 Å². The van der Waals surface area contributed by atoms with Gasteiger partial charge in [-0.05, 0) is 63.9 Å². The van der Waals surface area contributed by atoms with Gasteiger partial charge in [-0.3, -0.25) is 0 Å². The number of hydrogen-bond donors (Lipinski definition) is 0. The second-order valence-corrected chi connectivity index (χ2v) is 12.5. The van der Waals surface area contributed by atoms with Crippen LogP contribution in [-0.4, -0.2) is 0 Å². The van der Waals surface area contributed by atoms with Gasteiger partial charge in [-0.2, -0.15) is 0 Å². The fraction of sp³-hybridized carbons (Fsp3) is 0. The maximum atomic E-state index is 6.94. The van der Waals surface area contributed by atoms with E-state index in [1.165, 1.54) is 16.5 Å². The van der Waals surface area contributed by atoms with E-state index in [4.69, 9.17) is 8.83 Å². The Morgan fingerprint density at radius 2 is 0.918 bits per heavy atom. The van der Waals surface area contributed by atoms with Gasteiger partial charge in [0.25, 0.3) is 0 Å². The van der Waals surface area contributed by atoms with Crippen LogP contribution in [0.2, 0.25) is 0 Å². The lowest BCUT2D eigenvalue weighted by Crippen LogP contribution is -2.10. The molecule has 0 saturated carbocycles. The molecular formula is C46H29NO2. The highest BCUT2D eigenvalue weighted by molar-refractivity contribution is 6.15. The molecular weight excluding hydrogens is 599 g/mol. The van der Waals surface area contributed by atoms with Gasteiger partial charge in [-0.15, -0.1) is 0 Å². The topological polar surface area (TPSA) is 29.5 Å². The van der Waals surface area contributed by atoms with Gasteiger partial charge in [0.2, 0.25) is 0 Å². The largest absolute Gasteiger partial charge is 0.454 e. The molecule has 0 bridgehead atoms. The molecule has 0 radical (unpaired) electrons. The van der Waals surface area contributed by atoms with Crippen molar-refractivity contribution in [3.05, 3.63) is 176 Å². The summed E-state index contributed by atoms with van der Waals surface area (Å²) in [6, 6.07) is 61.9. The lowest BCUT2D eigenvalue weighted by molar-refractivity contribution is 0.666. The van der Waals surface area contributed by atoms with Crippen molar-refractivity contribution in [2.45, 2.75) is 0 Å². The van der Waals surface area contributed by atoms with E-state index in [0.717, 1.165) is 77.5 Å². The van der Waals surface area contributed by atoms with Crippen molar-refractivity contribution in [2.24, 2.45) is 0 Å². The molecule has 2 aromatic heterocycles. The Morgan fingerprint density at radius 1 is 0.347 bits per heavy atom. The number of nitrogens with zero attached hydrogens (tertiary/aromatic N) is 1. The highest BCUT2D eigenvalue weighted by atomic mass is 16.3. The van der Waals surface area contributed by atoms with Crippen LogP contribution in [0.1, 0.15) is 0 Å². The van der Waals surface area contributed by atoms with Crippen LogP contribution in [0.25, 0.3) is 76.9 Å². The van der Waals surface area contributed by atoms with Crippen LogP contribution in [0.15, 0.2) is 185 Å². The van der Waals surface area contributed by atoms with E-state index in [1.807, 2.05) is 18.2 Å². The molecule has 0 fully saturated rings.